The van der Waals surface area contributed by atoms with Gasteiger partial charge in [0.05, 0.1) is 19.2 Å². The Morgan fingerprint density at radius 2 is 2.10 bits per heavy atom. The molecule has 1 aromatic heterocycles. The maximum atomic E-state index is 13.2. The number of ether oxygens (including phenoxy) is 1. The average molecular weight is 279 g/mol. The van der Waals surface area contributed by atoms with E-state index in [1.807, 2.05) is 0 Å². The lowest BCUT2D eigenvalue weighted by Gasteiger charge is -2.09. The summed E-state index contributed by atoms with van der Waals surface area (Å²) in [4.78, 5) is 11.6. The number of halogens is 1. The number of aliphatic hydroxyl groups is 1. The van der Waals surface area contributed by atoms with Crippen LogP contribution in [-0.4, -0.2) is 18.2 Å². The van der Waals surface area contributed by atoms with E-state index >= 15 is 0 Å². The second-order valence-electron chi connectivity index (χ2n) is 4.06. The topological polar surface area (TPSA) is 71.7 Å². The molecule has 0 unspecified atom stereocenters. The smallest absolute Gasteiger partial charge is 0.340 e. The molecule has 5 nitrogen and oxygen atoms in total. The SMILES string of the molecule is COC(=O)c1cc(F)ccc1NCc1ccc(CO)o1. The molecule has 1 aromatic carbocycles. The summed E-state index contributed by atoms with van der Waals surface area (Å²) >= 11 is 0. The molecular weight excluding hydrogens is 265 g/mol. The number of aliphatic hydroxyl groups excluding tert-OH is 1. The summed E-state index contributed by atoms with van der Waals surface area (Å²) in [6, 6.07) is 7.17. The van der Waals surface area contributed by atoms with Gasteiger partial charge in [0.2, 0.25) is 0 Å². The number of benzene rings is 1. The highest BCUT2D eigenvalue weighted by Gasteiger charge is 2.13. The molecule has 0 saturated carbocycles. The second-order valence-corrected chi connectivity index (χ2v) is 4.06. The predicted molar refractivity (Wildman–Crippen MR) is 69.7 cm³/mol. The van der Waals surface area contributed by atoms with Crippen molar-refractivity contribution in [2.45, 2.75) is 13.2 Å². The van der Waals surface area contributed by atoms with Crippen LogP contribution in [0.5, 0.6) is 0 Å². The summed E-state index contributed by atoms with van der Waals surface area (Å²) in [7, 11) is 1.23. The lowest BCUT2D eigenvalue weighted by atomic mass is 10.1. The van der Waals surface area contributed by atoms with Gasteiger partial charge in [-0.3, -0.25) is 0 Å². The Bertz CT molecular complexity index is 609. The van der Waals surface area contributed by atoms with Gasteiger partial charge >= 0.3 is 5.97 Å². The molecule has 20 heavy (non-hydrogen) atoms. The average Bonchev–Trinajstić information content (AvgIpc) is 2.93. The summed E-state index contributed by atoms with van der Waals surface area (Å²) in [5.74, 6) is -0.0951. The number of hydrogen-bond donors (Lipinski definition) is 2. The Labute approximate surface area is 115 Å². The highest BCUT2D eigenvalue weighted by Crippen LogP contribution is 2.19. The van der Waals surface area contributed by atoms with E-state index in [0.717, 1.165) is 6.07 Å². The van der Waals surface area contributed by atoms with E-state index in [0.29, 0.717) is 23.8 Å². The van der Waals surface area contributed by atoms with Gasteiger partial charge in [-0.25, -0.2) is 9.18 Å². The summed E-state index contributed by atoms with van der Waals surface area (Å²) in [6.45, 7) is 0.125. The molecule has 0 aliphatic heterocycles. The number of anilines is 1. The zero-order chi connectivity index (χ0) is 14.5. The number of methoxy groups -OCH3 is 1. The third kappa shape index (κ3) is 3.16. The van der Waals surface area contributed by atoms with E-state index in [-0.39, 0.29) is 12.2 Å². The van der Waals surface area contributed by atoms with Gasteiger partial charge in [-0.1, -0.05) is 0 Å². The van der Waals surface area contributed by atoms with Gasteiger partial charge in [-0.2, -0.15) is 0 Å². The first kappa shape index (κ1) is 14.1. The molecule has 106 valence electrons. The van der Waals surface area contributed by atoms with Crippen LogP contribution in [-0.2, 0) is 17.9 Å². The molecule has 0 amide bonds. The highest BCUT2D eigenvalue weighted by molar-refractivity contribution is 5.95. The summed E-state index contributed by atoms with van der Waals surface area (Å²) in [6.07, 6.45) is 0. The summed E-state index contributed by atoms with van der Waals surface area (Å²) < 4.78 is 23.1. The number of hydrogen-bond acceptors (Lipinski definition) is 5. The fraction of sp³-hybridized carbons (Fsp3) is 0.214. The lowest BCUT2D eigenvalue weighted by Crippen LogP contribution is -2.08. The van der Waals surface area contributed by atoms with Crippen molar-refractivity contribution >= 4 is 11.7 Å². The van der Waals surface area contributed by atoms with Crippen LogP contribution in [0.1, 0.15) is 21.9 Å². The van der Waals surface area contributed by atoms with Crippen LogP contribution in [0.3, 0.4) is 0 Å². The van der Waals surface area contributed by atoms with Crippen LogP contribution in [0, 0.1) is 5.82 Å². The maximum Gasteiger partial charge on any atom is 0.340 e. The van der Waals surface area contributed by atoms with Crippen LogP contribution in [0.4, 0.5) is 10.1 Å². The Hall–Kier alpha value is -2.34. The number of furan rings is 1. The Balaban J connectivity index is 2.14. The van der Waals surface area contributed by atoms with Crippen molar-refractivity contribution in [2.75, 3.05) is 12.4 Å². The Morgan fingerprint density at radius 1 is 1.35 bits per heavy atom. The van der Waals surface area contributed by atoms with E-state index in [9.17, 15) is 9.18 Å². The molecule has 0 aliphatic carbocycles. The molecule has 6 heteroatoms. The largest absolute Gasteiger partial charge is 0.465 e. The van der Waals surface area contributed by atoms with Crippen molar-refractivity contribution in [2.24, 2.45) is 0 Å². The van der Waals surface area contributed by atoms with E-state index < -0.39 is 11.8 Å². The normalized spacial score (nSPS) is 10.3. The molecule has 0 spiro atoms. The summed E-state index contributed by atoms with van der Waals surface area (Å²) in [5, 5.41) is 11.9. The third-order valence-corrected chi connectivity index (χ3v) is 2.71. The minimum atomic E-state index is -0.623. The molecule has 0 bridgehead atoms. The van der Waals surface area contributed by atoms with Crippen LogP contribution in [0.15, 0.2) is 34.7 Å². The molecule has 2 aromatic rings. The molecule has 0 saturated heterocycles. The number of esters is 1. The van der Waals surface area contributed by atoms with Gasteiger partial charge in [0.15, 0.2) is 0 Å². The Morgan fingerprint density at radius 3 is 2.75 bits per heavy atom. The van der Waals surface area contributed by atoms with Crippen molar-refractivity contribution in [1.29, 1.82) is 0 Å². The molecule has 0 atom stereocenters. The standard InChI is InChI=1S/C14H14FNO4/c1-19-14(18)12-6-9(15)2-5-13(12)16-7-10-3-4-11(8-17)20-10/h2-6,16-17H,7-8H2,1H3. The number of nitrogens with one attached hydrogen (secondary N) is 1. The van der Waals surface area contributed by atoms with E-state index in [2.05, 4.69) is 10.1 Å². The van der Waals surface area contributed by atoms with Crippen molar-refractivity contribution in [3.05, 3.63) is 53.2 Å². The first-order valence-corrected chi connectivity index (χ1v) is 5.94. The zero-order valence-electron chi connectivity index (χ0n) is 10.9. The van der Waals surface area contributed by atoms with Gasteiger partial charge in [-0.15, -0.1) is 0 Å². The summed E-state index contributed by atoms with van der Waals surface area (Å²) in [5.41, 5.74) is 0.557. The lowest BCUT2D eigenvalue weighted by molar-refractivity contribution is 0.0601. The predicted octanol–water partition coefficient (Wildman–Crippen LogP) is 2.31. The first-order chi connectivity index (χ1) is 9.63. The third-order valence-electron chi connectivity index (χ3n) is 2.71. The maximum absolute atomic E-state index is 13.2. The molecule has 1 heterocycles. The van der Waals surface area contributed by atoms with E-state index in [1.54, 1.807) is 12.1 Å². The van der Waals surface area contributed by atoms with Crippen molar-refractivity contribution in [3.8, 4) is 0 Å². The van der Waals surface area contributed by atoms with Crippen LogP contribution < -0.4 is 5.32 Å². The molecule has 2 rings (SSSR count). The van der Waals surface area contributed by atoms with Crippen LogP contribution in [0.2, 0.25) is 0 Å². The zero-order valence-corrected chi connectivity index (χ0v) is 10.9. The number of carbonyl (C=O) groups is 1. The van der Waals surface area contributed by atoms with Crippen molar-refractivity contribution < 1.29 is 23.4 Å². The van der Waals surface area contributed by atoms with Crippen molar-refractivity contribution in [3.63, 3.8) is 0 Å². The Kier molecular flexibility index (Phi) is 4.37. The minimum Gasteiger partial charge on any atom is -0.465 e. The fourth-order valence-electron chi connectivity index (χ4n) is 1.73. The number of carbonyl (C=O) groups excluding carboxylic acids is 1. The van der Waals surface area contributed by atoms with Crippen molar-refractivity contribution in [1.82, 2.24) is 0 Å². The fourth-order valence-corrected chi connectivity index (χ4v) is 1.73. The molecular formula is C14H14FNO4. The molecule has 2 N–H and O–H groups in total. The van der Waals surface area contributed by atoms with E-state index in [1.165, 1.54) is 19.2 Å². The highest BCUT2D eigenvalue weighted by atomic mass is 19.1. The quantitative estimate of drug-likeness (QED) is 0.822. The first-order valence-electron chi connectivity index (χ1n) is 5.94. The van der Waals surface area contributed by atoms with E-state index in [4.69, 9.17) is 9.52 Å². The molecule has 0 radical (unpaired) electrons. The molecule has 0 aliphatic rings. The van der Waals surface area contributed by atoms with Gasteiger partial charge < -0.3 is 19.6 Å². The van der Waals surface area contributed by atoms with Gasteiger partial charge in [0, 0.05) is 5.69 Å². The minimum absolute atomic E-state index is 0.112. The van der Waals surface area contributed by atoms with Crippen LogP contribution >= 0.6 is 0 Å². The van der Waals surface area contributed by atoms with Gasteiger partial charge in [0.25, 0.3) is 0 Å². The number of rotatable bonds is 5. The van der Waals surface area contributed by atoms with Gasteiger partial charge in [-0.05, 0) is 30.3 Å². The van der Waals surface area contributed by atoms with Crippen LogP contribution in [0.25, 0.3) is 0 Å². The molecule has 0 fully saturated rings. The van der Waals surface area contributed by atoms with Gasteiger partial charge in [0.1, 0.15) is 23.9 Å². The monoisotopic (exact) mass is 279 g/mol. The second kappa shape index (κ2) is 6.21.